The van der Waals surface area contributed by atoms with Crippen LogP contribution in [0.25, 0.3) is 16.9 Å². The molecule has 2 aromatic carbocycles. The summed E-state index contributed by atoms with van der Waals surface area (Å²) in [6, 6.07) is 16.9. The van der Waals surface area contributed by atoms with Crippen molar-refractivity contribution < 1.29 is 14.6 Å². The molecule has 9 heteroatoms. The number of amides is 1. The maximum Gasteiger partial charge on any atom is 0.410 e. The van der Waals surface area contributed by atoms with Crippen molar-refractivity contribution in [2.45, 2.75) is 52.8 Å². The van der Waals surface area contributed by atoms with Gasteiger partial charge in [-0.1, -0.05) is 18.2 Å². The van der Waals surface area contributed by atoms with Crippen LogP contribution < -0.4 is 5.32 Å². The number of nitrogens with zero attached hydrogens (tertiary/aromatic N) is 5. The highest BCUT2D eigenvalue weighted by Gasteiger charge is 2.29. The van der Waals surface area contributed by atoms with Gasteiger partial charge in [0.1, 0.15) is 17.2 Å². The van der Waals surface area contributed by atoms with E-state index in [-0.39, 0.29) is 11.8 Å². The molecule has 1 amide bonds. The van der Waals surface area contributed by atoms with E-state index in [0.717, 1.165) is 33.4 Å². The highest BCUT2D eigenvalue weighted by atomic mass is 16.6. The summed E-state index contributed by atoms with van der Waals surface area (Å²) in [6.45, 7) is 8.73. The number of carbonyl (C=O) groups is 1. The van der Waals surface area contributed by atoms with Gasteiger partial charge >= 0.3 is 6.09 Å². The van der Waals surface area contributed by atoms with E-state index in [1.165, 1.54) is 0 Å². The first-order valence-electron chi connectivity index (χ1n) is 12.5. The zero-order chi connectivity index (χ0) is 27.0. The summed E-state index contributed by atoms with van der Waals surface area (Å²) < 4.78 is 7.57. The van der Waals surface area contributed by atoms with Crippen molar-refractivity contribution in [2.24, 2.45) is 0 Å². The van der Waals surface area contributed by atoms with E-state index in [9.17, 15) is 15.2 Å². The van der Waals surface area contributed by atoms with E-state index in [1.54, 1.807) is 29.2 Å². The number of rotatable bonds is 4. The second-order valence-electron chi connectivity index (χ2n) is 10.4. The van der Waals surface area contributed by atoms with Crippen molar-refractivity contribution in [1.82, 2.24) is 19.4 Å². The summed E-state index contributed by atoms with van der Waals surface area (Å²) in [5.41, 5.74) is 4.34. The number of hydrogen-bond donors (Lipinski definition) is 2. The SMILES string of the molecule is Cc1cc2c(C#N)cccc2n1-c1nc2c(c(NCc3cccc(O)c3)n1)CN(C(=O)OC(C)(C)C)CC2. The zero-order valence-corrected chi connectivity index (χ0v) is 21.9. The van der Waals surface area contributed by atoms with Crippen molar-refractivity contribution in [3.63, 3.8) is 0 Å². The fourth-order valence-corrected chi connectivity index (χ4v) is 4.71. The third-order valence-corrected chi connectivity index (χ3v) is 6.42. The fraction of sp³-hybridized carbons (Fsp3) is 0.310. The lowest BCUT2D eigenvalue weighted by molar-refractivity contribution is 0.0223. The molecular weight excluding hydrogens is 480 g/mol. The smallest absolute Gasteiger partial charge is 0.410 e. The first-order chi connectivity index (χ1) is 18.1. The van der Waals surface area contributed by atoms with Crippen LogP contribution in [0.1, 0.15) is 48.8 Å². The predicted octanol–water partition coefficient (Wildman–Crippen LogP) is 5.21. The van der Waals surface area contributed by atoms with Crippen molar-refractivity contribution in [2.75, 3.05) is 11.9 Å². The van der Waals surface area contributed by atoms with Crippen molar-refractivity contribution in [3.05, 3.63) is 76.6 Å². The van der Waals surface area contributed by atoms with Gasteiger partial charge in [0.25, 0.3) is 0 Å². The molecule has 0 radical (unpaired) electrons. The fourth-order valence-electron chi connectivity index (χ4n) is 4.71. The number of phenols is 1. The molecule has 194 valence electrons. The maximum atomic E-state index is 12.8. The zero-order valence-electron chi connectivity index (χ0n) is 21.9. The molecule has 0 aliphatic carbocycles. The minimum absolute atomic E-state index is 0.188. The third-order valence-electron chi connectivity index (χ3n) is 6.42. The number of benzene rings is 2. The Balaban J connectivity index is 1.57. The highest BCUT2D eigenvalue weighted by molar-refractivity contribution is 5.88. The lowest BCUT2D eigenvalue weighted by atomic mass is 10.1. The van der Waals surface area contributed by atoms with Gasteiger partial charge in [0.15, 0.2) is 0 Å². The predicted molar refractivity (Wildman–Crippen MR) is 144 cm³/mol. The summed E-state index contributed by atoms with van der Waals surface area (Å²) in [4.78, 5) is 24.4. The average molecular weight is 511 g/mol. The van der Waals surface area contributed by atoms with E-state index in [1.807, 2.05) is 56.5 Å². The number of anilines is 1. The minimum Gasteiger partial charge on any atom is -0.508 e. The molecule has 2 aromatic heterocycles. The van der Waals surface area contributed by atoms with Crippen LogP contribution >= 0.6 is 0 Å². The Labute approximate surface area is 221 Å². The number of aromatic nitrogens is 3. The van der Waals surface area contributed by atoms with Crippen LogP contribution in [-0.4, -0.2) is 42.8 Å². The molecule has 1 aliphatic heterocycles. The monoisotopic (exact) mass is 510 g/mol. The molecule has 0 atom stereocenters. The molecule has 0 bridgehead atoms. The summed E-state index contributed by atoms with van der Waals surface area (Å²) in [5.74, 6) is 1.29. The molecule has 0 fully saturated rings. The third kappa shape index (κ3) is 4.98. The molecular formula is C29H30N6O3. The normalized spacial score (nSPS) is 13.2. The van der Waals surface area contributed by atoms with Gasteiger partial charge in [-0.25, -0.2) is 9.78 Å². The Morgan fingerprint density at radius 1 is 1.18 bits per heavy atom. The number of phenolic OH excluding ortho intramolecular Hbond substituents is 1. The van der Waals surface area contributed by atoms with Gasteiger partial charge in [-0.3, -0.25) is 4.57 Å². The number of aryl methyl sites for hydroxylation is 1. The lowest BCUT2D eigenvalue weighted by Gasteiger charge is -2.31. The molecule has 0 unspecified atom stereocenters. The molecule has 0 saturated heterocycles. The van der Waals surface area contributed by atoms with Gasteiger partial charge in [-0.15, -0.1) is 0 Å². The summed E-state index contributed by atoms with van der Waals surface area (Å²) in [7, 11) is 0. The molecule has 3 heterocycles. The van der Waals surface area contributed by atoms with Gasteiger partial charge in [0, 0.05) is 36.2 Å². The maximum absolute atomic E-state index is 12.8. The largest absolute Gasteiger partial charge is 0.508 e. The van der Waals surface area contributed by atoms with Crippen LogP contribution in [0.3, 0.4) is 0 Å². The molecule has 5 rings (SSSR count). The number of aromatic hydroxyl groups is 1. The average Bonchev–Trinajstić information content (AvgIpc) is 3.21. The van der Waals surface area contributed by atoms with E-state index in [2.05, 4.69) is 11.4 Å². The van der Waals surface area contributed by atoms with Crippen LogP contribution in [-0.2, 0) is 24.2 Å². The van der Waals surface area contributed by atoms with Crippen LogP contribution in [0, 0.1) is 18.3 Å². The molecule has 4 aromatic rings. The van der Waals surface area contributed by atoms with E-state index < -0.39 is 5.60 Å². The first kappa shape index (κ1) is 25.1. The Morgan fingerprint density at radius 2 is 1.97 bits per heavy atom. The minimum atomic E-state index is -0.594. The van der Waals surface area contributed by atoms with E-state index in [4.69, 9.17) is 14.7 Å². The standard InChI is InChI=1S/C29H30N6O3/c1-18-13-22-20(15-30)8-6-10-25(22)35(18)27-32-24-11-12-34(28(37)38-29(2,3)4)17-23(24)26(33-27)31-16-19-7-5-9-21(36)14-19/h5-10,13-14,36H,11-12,16-17H2,1-4H3,(H,31,32,33). The number of ether oxygens (including phenoxy) is 1. The number of fused-ring (bicyclic) bond motifs is 2. The Kier molecular flexibility index (Phi) is 6.41. The molecule has 0 spiro atoms. The van der Waals surface area contributed by atoms with Gasteiger partial charge in [0.05, 0.1) is 29.4 Å². The summed E-state index contributed by atoms with van der Waals surface area (Å²) in [6.07, 6.45) is 0.175. The van der Waals surface area contributed by atoms with Crippen molar-refractivity contribution in [3.8, 4) is 17.8 Å². The highest BCUT2D eigenvalue weighted by Crippen LogP contribution is 2.30. The van der Waals surface area contributed by atoms with Crippen molar-refractivity contribution >= 4 is 22.8 Å². The second-order valence-corrected chi connectivity index (χ2v) is 10.4. The molecule has 2 N–H and O–H groups in total. The van der Waals surface area contributed by atoms with E-state index >= 15 is 0 Å². The van der Waals surface area contributed by atoms with Crippen LogP contribution in [0.2, 0.25) is 0 Å². The topological polar surface area (TPSA) is 116 Å². The van der Waals surface area contributed by atoms with Gasteiger partial charge in [-0.05, 0) is 63.6 Å². The van der Waals surface area contributed by atoms with Crippen LogP contribution in [0.15, 0.2) is 48.5 Å². The lowest BCUT2D eigenvalue weighted by Crippen LogP contribution is -2.40. The Morgan fingerprint density at radius 3 is 2.71 bits per heavy atom. The van der Waals surface area contributed by atoms with E-state index in [0.29, 0.717) is 43.4 Å². The van der Waals surface area contributed by atoms with Gasteiger partial charge in [0.2, 0.25) is 5.95 Å². The molecule has 0 saturated carbocycles. The molecule has 9 nitrogen and oxygen atoms in total. The van der Waals surface area contributed by atoms with Crippen LogP contribution in [0.5, 0.6) is 5.75 Å². The molecule has 38 heavy (non-hydrogen) atoms. The van der Waals surface area contributed by atoms with Gasteiger partial charge < -0.3 is 20.1 Å². The van der Waals surface area contributed by atoms with Crippen molar-refractivity contribution in [1.29, 1.82) is 5.26 Å². The number of carbonyl (C=O) groups excluding carboxylic acids is 1. The number of hydrogen-bond acceptors (Lipinski definition) is 7. The summed E-state index contributed by atoms with van der Waals surface area (Å²) >= 11 is 0. The summed E-state index contributed by atoms with van der Waals surface area (Å²) in [5, 5.41) is 23.7. The van der Waals surface area contributed by atoms with Crippen LogP contribution in [0.4, 0.5) is 10.6 Å². The Hall–Kier alpha value is -4.58. The Bertz CT molecular complexity index is 1580. The number of nitrogens with one attached hydrogen (secondary N) is 1. The number of nitriles is 1. The second kappa shape index (κ2) is 9.71. The quantitative estimate of drug-likeness (QED) is 0.387. The first-order valence-corrected chi connectivity index (χ1v) is 12.5. The molecule has 1 aliphatic rings. The van der Waals surface area contributed by atoms with Gasteiger partial charge in [-0.2, -0.15) is 10.2 Å².